The van der Waals surface area contributed by atoms with E-state index in [2.05, 4.69) is 10.5 Å². The molecule has 3 atom stereocenters. The molecule has 10 nitrogen and oxygen atoms in total. The third-order valence-corrected chi connectivity index (χ3v) is 9.01. The van der Waals surface area contributed by atoms with E-state index in [-0.39, 0.29) is 17.7 Å². The number of esters is 1. The molecule has 1 fully saturated rings. The minimum absolute atomic E-state index is 0.0568. The van der Waals surface area contributed by atoms with Crippen molar-refractivity contribution in [1.82, 2.24) is 4.90 Å². The fourth-order valence-electron chi connectivity index (χ4n) is 5.56. The molecule has 0 saturated carbocycles. The molecule has 2 heterocycles. The Morgan fingerprint density at radius 3 is 2.28 bits per heavy atom. The van der Waals surface area contributed by atoms with Gasteiger partial charge in [0.2, 0.25) is 0 Å². The molecule has 0 aromatic heterocycles. The average Bonchev–Trinajstić information content (AvgIpc) is 3.45. The Labute approximate surface area is 226 Å². The molecule has 3 aromatic rings. The van der Waals surface area contributed by atoms with E-state index >= 15 is 0 Å². The number of hydrazone groups is 1. The zero-order chi connectivity index (χ0) is 27.6. The predicted octanol–water partition coefficient (Wildman–Crippen LogP) is 3.96. The SMILES string of the molecule is COC(=O)[C@@H]1C[C@]2(C/C=N/Nc3ccccc3)c3ccccc3N(S(=O)(=O)c3ccccc3)[C@@H]2N1C(=O)OC. The van der Waals surface area contributed by atoms with Crippen LogP contribution in [0, 0.1) is 0 Å². The van der Waals surface area contributed by atoms with E-state index < -0.39 is 39.7 Å². The Balaban J connectivity index is 1.67. The van der Waals surface area contributed by atoms with Gasteiger partial charge in [0.25, 0.3) is 10.0 Å². The molecule has 0 bridgehead atoms. The van der Waals surface area contributed by atoms with E-state index in [4.69, 9.17) is 9.47 Å². The van der Waals surface area contributed by atoms with Gasteiger partial charge in [-0.3, -0.25) is 10.3 Å². The second-order valence-corrected chi connectivity index (χ2v) is 11.1. The highest BCUT2D eigenvalue weighted by atomic mass is 32.2. The summed E-state index contributed by atoms with van der Waals surface area (Å²) in [6.07, 6.45) is 0.0210. The van der Waals surface area contributed by atoms with Gasteiger partial charge in [-0.25, -0.2) is 22.3 Å². The Bertz CT molecular complexity index is 1500. The minimum Gasteiger partial charge on any atom is -0.467 e. The van der Waals surface area contributed by atoms with Gasteiger partial charge in [0.15, 0.2) is 0 Å². The van der Waals surface area contributed by atoms with Crippen LogP contribution in [-0.4, -0.2) is 58.0 Å². The summed E-state index contributed by atoms with van der Waals surface area (Å²) in [5.74, 6) is -0.664. The van der Waals surface area contributed by atoms with Crippen LogP contribution in [-0.2, 0) is 29.7 Å². The van der Waals surface area contributed by atoms with Crippen molar-refractivity contribution in [2.75, 3.05) is 24.0 Å². The molecule has 2 aliphatic heterocycles. The molecular formula is C28H28N4O6S. The zero-order valence-electron chi connectivity index (χ0n) is 21.4. The first-order valence-electron chi connectivity index (χ1n) is 12.3. The maximum atomic E-state index is 14.2. The zero-order valence-corrected chi connectivity index (χ0v) is 22.2. The third-order valence-electron chi connectivity index (χ3n) is 7.22. The number of carbonyl (C=O) groups is 2. The molecular weight excluding hydrogens is 520 g/mol. The van der Waals surface area contributed by atoms with Crippen LogP contribution in [0.1, 0.15) is 18.4 Å². The van der Waals surface area contributed by atoms with Crippen LogP contribution in [0.2, 0.25) is 0 Å². The number of sulfonamides is 1. The van der Waals surface area contributed by atoms with Gasteiger partial charge in [-0.05, 0) is 48.7 Å². The lowest BCUT2D eigenvalue weighted by atomic mass is 9.75. The van der Waals surface area contributed by atoms with Gasteiger partial charge < -0.3 is 9.47 Å². The van der Waals surface area contributed by atoms with Crippen LogP contribution >= 0.6 is 0 Å². The molecule has 0 spiro atoms. The third kappa shape index (κ3) is 4.38. The lowest BCUT2D eigenvalue weighted by Gasteiger charge is -2.37. The molecule has 0 aliphatic carbocycles. The van der Waals surface area contributed by atoms with Crippen LogP contribution in [0.4, 0.5) is 16.2 Å². The summed E-state index contributed by atoms with van der Waals surface area (Å²) >= 11 is 0. The number of hydrogen-bond donors (Lipinski definition) is 1. The monoisotopic (exact) mass is 548 g/mol. The standard InChI is InChI=1S/C28H28N4O6S/c1-37-25(33)24-19-28(17-18-29-30-20-11-5-3-6-12-20)22-15-9-10-16-23(22)32(26(28)31(24)27(34)38-2)39(35,36)21-13-7-4-8-14-21/h3-16,18,24,26,30H,17,19H2,1-2H3/b29-18+/t24-,26-,28+/m0/s1. The molecule has 0 unspecified atom stereocenters. The lowest BCUT2D eigenvalue weighted by molar-refractivity contribution is -0.145. The number of methoxy groups -OCH3 is 2. The molecule has 11 heteroatoms. The summed E-state index contributed by atoms with van der Waals surface area (Å²) in [6.45, 7) is 0. The molecule has 1 saturated heterocycles. The number of benzene rings is 3. The predicted molar refractivity (Wildman–Crippen MR) is 146 cm³/mol. The number of hydrogen-bond acceptors (Lipinski definition) is 8. The maximum Gasteiger partial charge on any atom is 0.411 e. The van der Waals surface area contributed by atoms with Crippen LogP contribution in [0.5, 0.6) is 0 Å². The fourth-order valence-corrected chi connectivity index (χ4v) is 7.28. The van der Waals surface area contributed by atoms with Gasteiger partial charge in [0.05, 0.1) is 30.5 Å². The van der Waals surface area contributed by atoms with Crippen molar-refractivity contribution >= 4 is 39.7 Å². The summed E-state index contributed by atoms with van der Waals surface area (Å²) in [5.41, 5.74) is 3.83. The highest BCUT2D eigenvalue weighted by molar-refractivity contribution is 7.92. The largest absolute Gasteiger partial charge is 0.467 e. The Morgan fingerprint density at radius 2 is 1.62 bits per heavy atom. The van der Waals surface area contributed by atoms with E-state index in [9.17, 15) is 18.0 Å². The summed E-state index contributed by atoms with van der Waals surface area (Å²) in [4.78, 5) is 27.5. The molecule has 1 N–H and O–H groups in total. The highest BCUT2D eigenvalue weighted by Crippen LogP contribution is 2.57. The molecule has 2 aliphatic rings. The first-order chi connectivity index (χ1) is 18.8. The number of rotatable bonds is 7. The van der Waals surface area contributed by atoms with Crippen molar-refractivity contribution in [2.24, 2.45) is 5.10 Å². The number of fused-ring (bicyclic) bond motifs is 3. The summed E-state index contributed by atoms with van der Waals surface area (Å²) in [7, 11) is -1.75. The van der Waals surface area contributed by atoms with Crippen LogP contribution in [0.3, 0.4) is 0 Å². The van der Waals surface area contributed by atoms with Crippen molar-refractivity contribution in [3.8, 4) is 0 Å². The quantitative estimate of drug-likeness (QED) is 0.270. The van der Waals surface area contributed by atoms with E-state index in [1.807, 2.05) is 42.5 Å². The van der Waals surface area contributed by atoms with Crippen molar-refractivity contribution in [2.45, 2.75) is 35.4 Å². The van der Waals surface area contributed by atoms with Crippen molar-refractivity contribution in [3.63, 3.8) is 0 Å². The van der Waals surface area contributed by atoms with Gasteiger partial charge in [-0.1, -0.05) is 54.6 Å². The van der Waals surface area contributed by atoms with E-state index in [0.717, 1.165) is 5.69 Å². The van der Waals surface area contributed by atoms with Gasteiger partial charge in [0.1, 0.15) is 12.2 Å². The van der Waals surface area contributed by atoms with Crippen molar-refractivity contribution < 1.29 is 27.5 Å². The number of para-hydroxylation sites is 2. The van der Waals surface area contributed by atoms with Gasteiger partial charge >= 0.3 is 12.1 Å². The van der Waals surface area contributed by atoms with Crippen molar-refractivity contribution in [3.05, 3.63) is 90.5 Å². The average molecular weight is 549 g/mol. The number of nitrogens with one attached hydrogen (secondary N) is 1. The summed E-state index contributed by atoms with van der Waals surface area (Å²) in [5, 5.41) is 4.36. The normalized spacial score (nSPS) is 21.9. The smallest absolute Gasteiger partial charge is 0.411 e. The number of amides is 1. The van der Waals surface area contributed by atoms with Crippen LogP contribution < -0.4 is 9.73 Å². The van der Waals surface area contributed by atoms with E-state index in [0.29, 0.717) is 11.3 Å². The Morgan fingerprint density at radius 1 is 0.974 bits per heavy atom. The number of likely N-dealkylation sites (tertiary alicyclic amines) is 1. The van der Waals surface area contributed by atoms with E-state index in [1.54, 1.807) is 36.5 Å². The minimum atomic E-state index is -4.18. The number of nitrogens with zero attached hydrogens (tertiary/aromatic N) is 3. The highest BCUT2D eigenvalue weighted by Gasteiger charge is 2.66. The lowest BCUT2D eigenvalue weighted by Crippen LogP contribution is -2.56. The second-order valence-electron chi connectivity index (χ2n) is 9.27. The van der Waals surface area contributed by atoms with Gasteiger partial charge in [-0.2, -0.15) is 5.10 Å². The number of anilines is 2. The fraction of sp³-hybridized carbons (Fsp3) is 0.250. The van der Waals surface area contributed by atoms with Crippen LogP contribution in [0.25, 0.3) is 0 Å². The maximum absolute atomic E-state index is 14.2. The molecule has 1 amide bonds. The Kier molecular flexibility index (Phi) is 7.00. The summed E-state index contributed by atoms with van der Waals surface area (Å²) in [6, 6.07) is 23.4. The molecule has 0 radical (unpaired) electrons. The molecule has 5 rings (SSSR count). The molecule has 202 valence electrons. The van der Waals surface area contributed by atoms with Gasteiger partial charge in [0, 0.05) is 11.6 Å². The first kappa shape index (κ1) is 26.2. The van der Waals surface area contributed by atoms with E-state index in [1.165, 1.54) is 35.6 Å². The van der Waals surface area contributed by atoms with Gasteiger partial charge in [-0.15, -0.1) is 0 Å². The molecule has 3 aromatic carbocycles. The first-order valence-corrected chi connectivity index (χ1v) is 13.7. The molecule has 39 heavy (non-hydrogen) atoms. The summed E-state index contributed by atoms with van der Waals surface area (Å²) < 4.78 is 39.7. The topological polar surface area (TPSA) is 118 Å². The Hall–Kier alpha value is -4.38. The number of ether oxygens (including phenoxy) is 2. The number of carbonyl (C=O) groups excluding carboxylic acids is 2. The van der Waals surface area contributed by atoms with Crippen molar-refractivity contribution in [1.29, 1.82) is 0 Å². The second kappa shape index (κ2) is 10.4. The van der Waals surface area contributed by atoms with Crippen LogP contribution in [0.15, 0.2) is 94.9 Å².